The molecule has 1 unspecified atom stereocenters. The molecule has 1 saturated carbocycles. The number of furan rings is 1. The van der Waals surface area contributed by atoms with Crippen molar-refractivity contribution in [3.8, 4) is 0 Å². The second kappa shape index (κ2) is 4.47. The van der Waals surface area contributed by atoms with Crippen molar-refractivity contribution in [1.29, 1.82) is 0 Å². The van der Waals surface area contributed by atoms with Crippen LogP contribution in [0, 0.1) is 0 Å². The van der Waals surface area contributed by atoms with Gasteiger partial charge in [-0.3, -0.25) is 4.79 Å². The fourth-order valence-corrected chi connectivity index (χ4v) is 2.12. The van der Waals surface area contributed by atoms with E-state index in [4.69, 9.17) is 26.9 Å². The highest BCUT2D eigenvalue weighted by Crippen LogP contribution is 2.41. The summed E-state index contributed by atoms with van der Waals surface area (Å²) in [7, 11) is 0. The lowest BCUT2D eigenvalue weighted by molar-refractivity contribution is -0.137. The standard InChI is InChI=1S/C11H14ClNO3/c12-7-4-9(8(13)5-10(14)15)16-11(7)6-2-1-3-6/h4,6,8H,1-3,5,13H2,(H,14,15). The van der Waals surface area contributed by atoms with Gasteiger partial charge in [-0.1, -0.05) is 18.0 Å². The van der Waals surface area contributed by atoms with Crippen LogP contribution in [0.5, 0.6) is 0 Å². The monoisotopic (exact) mass is 243 g/mol. The molecule has 0 amide bonds. The van der Waals surface area contributed by atoms with Gasteiger partial charge in [0.15, 0.2) is 0 Å². The van der Waals surface area contributed by atoms with Gasteiger partial charge in [0.25, 0.3) is 0 Å². The van der Waals surface area contributed by atoms with Crippen molar-refractivity contribution in [2.24, 2.45) is 5.73 Å². The first-order valence-corrected chi connectivity index (χ1v) is 5.72. The summed E-state index contributed by atoms with van der Waals surface area (Å²) in [6.45, 7) is 0. The van der Waals surface area contributed by atoms with Crippen LogP contribution in [0.25, 0.3) is 0 Å². The van der Waals surface area contributed by atoms with Crippen molar-refractivity contribution in [3.63, 3.8) is 0 Å². The summed E-state index contributed by atoms with van der Waals surface area (Å²) in [6.07, 6.45) is 3.22. The van der Waals surface area contributed by atoms with Gasteiger partial charge in [-0.25, -0.2) is 0 Å². The van der Waals surface area contributed by atoms with Gasteiger partial charge in [0.1, 0.15) is 11.5 Å². The van der Waals surface area contributed by atoms with Crippen LogP contribution in [0.1, 0.15) is 49.2 Å². The summed E-state index contributed by atoms with van der Waals surface area (Å²) in [6, 6.07) is 1.02. The van der Waals surface area contributed by atoms with E-state index < -0.39 is 12.0 Å². The molecule has 88 valence electrons. The molecule has 2 rings (SSSR count). The topological polar surface area (TPSA) is 76.5 Å². The quantitative estimate of drug-likeness (QED) is 0.852. The van der Waals surface area contributed by atoms with Gasteiger partial charge in [-0.15, -0.1) is 0 Å². The molecule has 1 aliphatic rings. The average molecular weight is 244 g/mol. The highest BCUT2D eigenvalue weighted by Gasteiger charge is 2.27. The summed E-state index contributed by atoms with van der Waals surface area (Å²) in [4.78, 5) is 10.5. The molecule has 0 aromatic carbocycles. The molecule has 1 heterocycles. The number of nitrogens with two attached hydrogens (primary N) is 1. The van der Waals surface area contributed by atoms with Crippen LogP contribution in [-0.4, -0.2) is 11.1 Å². The Morgan fingerprint density at radius 2 is 2.38 bits per heavy atom. The molecule has 1 fully saturated rings. The van der Waals surface area contributed by atoms with E-state index in [-0.39, 0.29) is 6.42 Å². The molecule has 0 saturated heterocycles. The number of hydrogen-bond donors (Lipinski definition) is 2. The highest BCUT2D eigenvalue weighted by molar-refractivity contribution is 6.31. The summed E-state index contributed by atoms with van der Waals surface area (Å²) in [5, 5.41) is 9.20. The number of carbonyl (C=O) groups is 1. The van der Waals surface area contributed by atoms with E-state index >= 15 is 0 Å². The fraction of sp³-hybridized carbons (Fsp3) is 0.545. The molecule has 3 N–H and O–H groups in total. The predicted molar refractivity (Wildman–Crippen MR) is 59.5 cm³/mol. The Labute approximate surface area is 98.4 Å². The van der Waals surface area contributed by atoms with Crippen LogP contribution >= 0.6 is 11.6 Å². The summed E-state index contributed by atoms with van der Waals surface area (Å²) >= 11 is 6.04. The maximum Gasteiger partial charge on any atom is 0.305 e. The summed E-state index contributed by atoms with van der Waals surface area (Å²) in [5.74, 6) is 0.682. The minimum atomic E-state index is -0.940. The van der Waals surface area contributed by atoms with E-state index in [1.165, 1.54) is 6.42 Å². The maximum absolute atomic E-state index is 10.5. The number of hydrogen-bond acceptors (Lipinski definition) is 3. The Hall–Kier alpha value is -1.00. The summed E-state index contributed by atoms with van der Waals surface area (Å²) < 4.78 is 5.56. The van der Waals surface area contributed by atoms with Crippen molar-refractivity contribution >= 4 is 17.6 Å². The number of aliphatic carboxylic acids is 1. The Morgan fingerprint density at radius 3 is 2.88 bits per heavy atom. The average Bonchev–Trinajstić information content (AvgIpc) is 2.44. The van der Waals surface area contributed by atoms with Crippen molar-refractivity contribution < 1.29 is 14.3 Å². The Bertz CT molecular complexity index is 398. The number of carboxylic acids is 1. The van der Waals surface area contributed by atoms with Gasteiger partial charge in [0, 0.05) is 12.0 Å². The molecule has 0 radical (unpaired) electrons. The van der Waals surface area contributed by atoms with Crippen LogP contribution in [0.3, 0.4) is 0 Å². The third-order valence-electron chi connectivity index (χ3n) is 2.97. The number of carboxylic acid groups (broad SMARTS) is 1. The van der Waals surface area contributed by atoms with Crippen LogP contribution < -0.4 is 5.73 Å². The zero-order valence-electron chi connectivity index (χ0n) is 8.78. The Balaban J connectivity index is 2.13. The lowest BCUT2D eigenvalue weighted by atomic mass is 9.84. The first-order chi connectivity index (χ1) is 7.58. The van der Waals surface area contributed by atoms with E-state index in [1.807, 2.05) is 0 Å². The Morgan fingerprint density at radius 1 is 1.69 bits per heavy atom. The third kappa shape index (κ3) is 2.23. The Kier molecular flexibility index (Phi) is 3.21. The van der Waals surface area contributed by atoms with Gasteiger partial charge in [-0.2, -0.15) is 0 Å². The lowest BCUT2D eigenvalue weighted by Crippen LogP contribution is -2.14. The van der Waals surface area contributed by atoms with E-state index in [0.717, 1.165) is 18.6 Å². The minimum Gasteiger partial charge on any atom is -0.481 e. The molecule has 4 nitrogen and oxygen atoms in total. The van der Waals surface area contributed by atoms with Gasteiger partial charge >= 0.3 is 5.97 Å². The van der Waals surface area contributed by atoms with Crippen molar-refractivity contribution in [2.45, 2.75) is 37.6 Å². The van der Waals surface area contributed by atoms with Crippen LogP contribution in [0.2, 0.25) is 5.02 Å². The molecule has 1 aromatic rings. The van der Waals surface area contributed by atoms with Gasteiger partial charge in [-0.05, 0) is 12.8 Å². The van der Waals surface area contributed by atoms with Crippen molar-refractivity contribution in [3.05, 3.63) is 22.6 Å². The van der Waals surface area contributed by atoms with E-state index in [0.29, 0.717) is 16.7 Å². The van der Waals surface area contributed by atoms with Gasteiger partial charge in [0.2, 0.25) is 0 Å². The maximum atomic E-state index is 10.5. The highest BCUT2D eigenvalue weighted by atomic mass is 35.5. The van der Waals surface area contributed by atoms with Crippen LogP contribution in [-0.2, 0) is 4.79 Å². The molecular weight excluding hydrogens is 230 g/mol. The normalized spacial score (nSPS) is 18.1. The zero-order valence-corrected chi connectivity index (χ0v) is 9.54. The molecule has 1 aliphatic carbocycles. The fourth-order valence-electron chi connectivity index (χ4n) is 1.82. The van der Waals surface area contributed by atoms with Crippen molar-refractivity contribution in [1.82, 2.24) is 0 Å². The number of rotatable bonds is 4. The first-order valence-electron chi connectivity index (χ1n) is 5.34. The first kappa shape index (κ1) is 11.5. The molecule has 1 aromatic heterocycles. The third-order valence-corrected chi connectivity index (χ3v) is 3.26. The van der Waals surface area contributed by atoms with E-state index in [1.54, 1.807) is 6.07 Å². The molecule has 5 heteroatoms. The molecule has 0 aliphatic heterocycles. The van der Waals surface area contributed by atoms with Crippen LogP contribution in [0.4, 0.5) is 0 Å². The van der Waals surface area contributed by atoms with Crippen LogP contribution in [0.15, 0.2) is 10.5 Å². The number of halogens is 1. The molecule has 0 bridgehead atoms. The molecular formula is C11H14ClNO3. The minimum absolute atomic E-state index is 0.145. The summed E-state index contributed by atoms with van der Waals surface area (Å²) in [5.41, 5.74) is 5.70. The molecule has 0 spiro atoms. The lowest BCUT2D eigenvalue weighted by Gasteiger charge is -2.23. The smallest absolute Gasteiger partial charge is 0.305 e. The predicted octanol–water partition coefficient (Wildman–Crippen LogP) is 2.68. The van der Waals surface area contributed by atoms with Gasteiger partial charge < -0.3 is 15.3 Å². The largest absolute Gasteiger partial charge is 0.481 e. The zero-order chi connectivity index (χ0) is 11.7. The molecule has 1 atom stereocenters. The van der Waals surface area contributed by atoms with Gasteiger partial charge in [0.05, 0.1) is 17.5 Å². The van der Waals surface area contributed by atoms with Crippen molar-refractivity contribution in [2.75, 3.05) is 0 Å². The molecule has 16 heavy (non-hydrogen) atoms. The second-order valence-corrected chi connectivity index (χ2v) is 4.60. The second-order valence-electron chi connectivity index (χ2n) is 4.19. The van der Waals surface area contributed by atoms with E-state index in [9.17, 15) is 4.79 Å². The van der Waals surface area contributed by atoms with E-state index in [2.05, 4.69) is 0 Å². The SMILES string of the molecule is NC(CC(=O)O)c1cc(Cl)c(C2CCC2)o1.